The first kappa shape index (κ1) is 19.6. The molecule has 0 atom stereocenters. The van der Waals surface area contributed by atoms with E-state index in [4.69, 9.17) is 16.1 Å². The SMILES string of the molecule is Cc1nnnn1-c1ccc(F)c(NC(=O)CCc2nc(-c3ccc(Cl)cc3)no2)c1. The van der Waals surface area contributed by atoms with Gasteiger partial charge < -0.3 is 9.84 Å². The van der Waals surface area contributed by atoms with Crippen LogP contribution in [0.1, 0.15) is 18.1 Å². The van der Waals surface area contributed by atoms with Crippen molar-refractivity contribution in [3.05, 3.63) is 65.0 Å². The third-order valence-corrected chi connectivity index (χ3v) is 4.48. The lowest BCUT2D eigenvalue weighted by atomic mass is 10.2. The summed E-state index contributed by atoms with van der Waals surface area (Å²) in [5.41, 5.74) is 1.30. The van der Waals surface area contributed by atoms with Crippen molar-refractivity contribution in [1.82, 2.24) is 30.3 Å². The van der Waals surface area contributed by atoms with Crippen molar-refractivity contribution in [1.29, 1.82) is 0 Å². The van der Waals surface area contributed by atoms with Crippen molar-refractivity contribution in [2.45, 2.75) is 19.8 Å². The molecule has 0 saturated heterocycles. The number of carbonyl (C=O) groups is 1. The van der Waals surface area contributed by atoms with Gasteiger partial charge in [-0.25, -0.2) is 4.39 Å². The number of tetrazole rings is 1. The molecule has 11 heteroatoms. The Morgan fingerprint density at radius 3 is 2.77 bits per heavy atom. The number of rotatable bonds is 6. The number of nitrogens with zero attached hydrogens (tertiary/aromatic N) is 6. The summed E-state index contributed by atoms with van der Waals surface area (Å²) in [6.45, 7) is 1.71. The highest BCUT2D eigenvalue weighted by molar-refractivity contribution is 6.30. The van der Waals surface area contributed by atoms with Gasteiger partial charge in [0, 0.05) is 23.4 Å². The van der Waals surface area contributed by atoms with Crippen LogP contribution in [0.4, 0.5) is 10.1 Å². The molecule has 4 aromatic rings. The van der Waals surface area contributed by atoms with E-state index in [9.17, 15) is 9.18 Å². The molecule has 0 unspecified atom stereocenters. The van der Waals surface area contributed by atoms with Gasteiger partial charge in [-0.3, -0.25) is 4.79 Å². The topological polar surface area (TPSA) is 112 Å². The number of hydrogen-bond donors (Lipinski definition) is 1. The quantitative estimate of drug-likeness (QED) is 0.502. The molecule has 30 heavy (non-hydrogen) atoms. The smallest absolute Gasteiger partial charge is 0.227 e. The first-order valence-electron chi connectivity index (χ1n) is 8.93. The van der Waals surface area contributed by atoms with Crippen LogP contribution in [0.2, 0.25) is 5.02 Å². The molecule has 0 bridgehead atoms. The lowest BCUT2D eigenvalue weighted by Crippen LogP contribution is -2.14. The summed E-state index contributed by atoms with van der Waals surface area (Å²) in [6.07, 6.45) is 0.246. The van der Waals surface area contributed by atoms with Crippen molar-refractivity contribution in [3.63, 3.8) is 0 Å². The van der Waals surface area contributed by atoms with Crippen molar-refractivity contribution in [2.24, 2.45) is 0 Å². The van der Waals surface area contributed by atoms with Crippen LogP contribution >= 0.6 is 11.6 Å². The average Bonchev–Trinajstić information content (AvgIpc) is 3.38. The zero-order valence-corrected chi connectivity index (χ0v) is 16.5. The number of aromatic nitrogens is 6. The molecule has 1 amide bonds. The molecule has 0 aliphatic heterocycles. The van der Waals surface area contributed by atoms with Gasteiger partial charge in [-0.1, -0.05) is 16.8 Å². The van der Waals surface area contributed by atoms with E-state index in [0.29, 0.717) is 28.2 Å². The van der Waals surface area contributed by atoms with E-state index in [2.05, 4.69) is 31.0 Å². The largest absolute Gasteiger partial charge is 0.339 e. The van der Waals surface area contributed by atoms with Crippen LogP contribution in [0, 0.1) is 12.7 Å². The molecule has 2 aromatic heterocycles. The van der Waals surface area contributed by atoms with Crippen molar-refractivity contribution in [3.8, 4) is 17.1 Å². The summed E-state index contributed by atoms with van der Waals surface area (Å²) in [7, 11) is 0. The number of aryl methyl sites for hydroxylation is 2. The Morgan fingerprint density at radius 2 is 2.03 bits per heavy atom. The van der Waals surface area contributed by atoms with Gasteiger partial charge in [0.25, 0.3) is 0 Å². The van der Waals surface area contributed by atoms with E-state index < -0.39 is 11.7 Å². The predicted molar refractivity (Wildman–Crippen MR) is 106 cm³/mol. The Kier molecular flexibility index (Phi) is 5.48. The van der Waals surface area contributed by atoms with Gasteiger partial charge in [0.2, 0.25) is 17.6 Å². The zero-order chi connectivity index (χ0) is 21.1. The highest BCUT2D eigenvalue weighted by atomic mass is 35.5. The number of anilines is 1. The summed E-state index contributed by atoms with van der Waals surface area (Å²) in [5.74, 6) is 0.268. The molecule has 0 radical (unpaired) electrons. The van der Waals surface area contributed by atoms with Gasteiger partial charge >= 0.3 is 0 Å². The predicted octanol–water partition coefficient (Wildman–Crippen LogP) is 3.38. The molecule has 1 N–H and O–H groups in total. The molecule has 4 rings (SSSR count). The van der Waals surface area contributed by atoms with E-state index in [1.54, 1.807) is 31.2 Å². The van der Waals surface area contributed by atoms with E-state index in [0.717, 1.165) is 5.56 Å². The number of benzene rings is 2. The molecular formula is C19H15ClFN7O2. The minimum atomic E-state index is -0.569. The number of hydrogen-bond acceptors (Lipinski definition) is 7. The van der Waals surface area contributed by atoms with Crippen LogP contribution in [0.3, 0.4) is 0 Å². The second kappa shape index (κ2) is 8.37. The monoisotopic (exact) mass is 427 g/mol. The van der Waals surface area contributed by atoms with Crippen molar-refractivity contribution >= 4 is 23.2 Å². The summed E-state index contributed by atoms with van der Waals surface area (Å²) in [6, 6.07) is 11.2. The molecule has 9 nitrogen and oxygen atoms in total. The lowest BCUT2D eigenvalue weighted by Gasteiger charge is -2.08. The van der Waals surface area contributed by atoms with Crippen LogP contribution in [0.15, 0.2) is 47.0 Å². The van der Waals surface area contributed by atoms with Gasteiger partial charge in [0.05, 0.1) is 11.4 Å². The molecular weight excluding hydrogens is 413 g/mol. The fourth-order valence-corrected chi connectivity index (χ4v) is 2.84. The van der Waals surface area contributed by atoms with Crippen LogP contribution in [-0.2, 0) is 11.2 Å². The third kappa shape index (κ3) is 4.33. The number of carbonyl (C=O) groups excluding carboxylic acids is 1. The second-order valence-electron chi connectivity index (χ2n) is 6.37. The van der Waals surface area contributed by atoms with Gasteiger partial charge in [0.15, 0.2) is 5.82 Å². The van der Waals surface area contributed by atoms with Crippen molar-refractivity contribution in [2.75, 3.05) is 5.32 Å². The minimum Gasteiger partial charge on any atom is -0.339 e. The Morgan fingerprint density at radius 1 is 1.23 bits per heavy atom. The molecule has 0 fully saturated rings. The van der Waals surface area contributed by atoms with Gasteiger partial charge in [-0.2, -0.15) is 9.67 Å². The molecule has 2 aromatic carbocycles. The Hall–Kier alpha value is -3.66. The number of amides is 1. The van der Waals surface area contributed by atoms with E-state index in [1.165, 1.54) is 22.9 Å². The first-order chi connectivity index (χ1) is 14.5. The van der Waals surface area contributed by atoms with E-state index >= 15 is 0 Å². The molecule has 0 spiro atoms. The van der Waals surface area contributed by atoms with Crippen LogP contribution in [-0.4, -0.2) is 36.3 Å². The molecule has 0 aliphatic rings. The molecule has 0 aliphatic carbocycles. The normalized spacial score (nSPS) is 10.9. The maximum Gasteiger partial charge on any atom is 0.227 e. The second-order valence-corrected chi connectivity index (χ2v) is 6.81. The number of nitrogens with one attached hydrogen (secondary N) is 1. The fraction of sp³-hybridized carbons (Fsp3) is 0.158. The summed E-state index contributed by atoms with van der Waals surface area (Å²) in [4.78, 5) is 16.6. The van der Waals surface area contributed by atoms with Crippen LogP contribution < -0.4 is 5.32 Å². The maximum absolute atomic E-state index is 14.1. The van der Waals surface area contributed by atoms with Crippen molar-refractivity contribution < 1.29 is 13.7 Å². The standard InChI is InChI=1S/C19H15ClFN7O2/c1-11-24-26-27-28(11)14-6-7-15(21)16(10-14)22-17(29)8-9-18-23-19(25-30-18)12-2-4-13(20)5-3-12/h2-7,10H,8-9H2,1H3,(H,22,29). The number of halogens is 2. The highest BCUT2D eigenvalue weighted by Gasteiger charge is 2.14. The van der Waals surface area contributed by atoms with E-state index in [-0.39, 0.29) is 18.5 Å². The minimum absolute atomic E-state index is 0.0276. The third-order valence-electron chi connectivity index (χ3n) is 4.23. The summed E-state index contributed by atoms with van der Waals surface area (Å²) >= 11 is 5.87. The average molecular weight is 428 g/mol. The lowest BCUT2D eigenvalue weighted by molar-refractivity contribution is -0.116. The molecule has 2 heterocycles. The van der Waals surface area contributed by atoms with Gasteiger partial charge in [-0.05, 0) is 59.8 Å². The first-order valence-corrected chi connectivity index (χ1v) is 9.30. The fourth-order valence-electron chi connectivity index (χ4n) is 2.72. The van der Waals surface area contributed by atoms with Gasteiger partial charge in [0.1, 0.15) is 5.82 Å². The Balaban J connectivity index is 1.40. The molecule has 0 saturated carbocycles. The summed E-state index contributed by atoms with van der Waals surface area (Å²) in [5, 5.41) is 18.2. The Bertz CT molecular complexity index is 1190. The van der Waals surface area contributed by atoms with E-state index in [1.807, 2.05) is 0 Å². The molecule has 152 valence electrons. The van der Waals surface area contributed by atoms with Gasteiger partial charge in [-0.15, -0.1) is 5.10 Å². The Labute approximate surface area is 174 Å². The summed E-state index contributed by atoms with van der Waals surface area (Å²) < 4.78 is 20.7. The zero-order valence-electron chi connectivity index (χ0n) is 15.7. The van der Waals surface area contributed by atoms with Crippen LogP contribution in [0.25, 0.3) is 17.1 Å². The maximum atomic E-state index is 14.1. The van der Waals surface area contributed by atoms with Crippen LogP contribution in [0.5, 0.6) is 0 Å². The highest BCUT2D eigenvalue weighted by Crippen LogP contribution is 2.21.